The van der Waals surface area contributed by atoms with Crippen LogP contribution in [0.15, 0.2) is 54.6 Å². The van der Waals surface area contributed by atoms with E-state index in [-0.39, 0.29) is 5.82 Å². The van der Waals surface area contributed by atoms with Crippen molar-refractivity contribution in [1.29, 1.82) is 0 Å². The van der Waals surface area contributed by atoms with E-state index >= 15 is 0 Å². The van der Waals surface area contributed by atoms with Crippen LogP contribution in [0.1, 0.15) is 42.9 Å². The van der Waals surface area contributed by atoms with E-state index in [9.17, 15) is 4.39 Å². The molecule has 0 aliphatic carbocycles. The summed E-state index contributed by atoms with van der Waals surface area (Å²) in [7, 11) is 0. The molecule has 194 valence electrons. The summed E-state index contributed by atoms with van der Waals surface area (Å²) in [5.41, 5.74) is 3.89. The standard InChI is InChI=1S/C29H35FN6S/c1-21-6-5-16-35(19-21)26-18-27(36-17-14-23-8-2-3-9-24(23)20-36)33-28(32-26)34-29(37)31-15-4-7-22-10-12-25(30)13-11-22/h2-3,8-13,18,21H,4-7,14-17,19-20H2,1H3,(H2,31,32,33,34,37). The number of nitrogens with one attached hydrogen (secondary N) is 2. The van der Waals surface area contributed by atoms with Crippen LogP contribution in [0.2, 0.25) is 0 Å². The van der Waals surface area contributed by atoms with E-state index in [0.29, 0.717) is 23.5 Å². The van der Waals surface area contributed by atoms with Crippen molar-refractivity contribution in [3.63, 3.8) is 0 Å². The van der Waals surface area contributed by atoms with Crippen LogP contribution in [-0.4, -0.2) is 41.3 Å². The number of aromatic nitrogens is 2. The van der Waals surface area contributed by atoms with Gasteiger partial charge < -0.3 is 20.4 Å². The summed E-state index contributed by atoms with van der Waals surface area (Å²) in [4.78, 5) is 14.5. The molecule has 0 amide bonds. The number of thiocarbonyl (C=S) groups is 1. The first-order valence-corrected chi connectivity index (χ1v) is 13.7. The van der Waals surface area contributed by atoms with Crippen LogP contribution < -0.4 is 20.4 Å². The molecule has 1 aromatic heterocycles. The lowest BCUT2D eigenvalue weighted by Gasteiger charge is -2.34. The van der Waals surface area contributed by atoms with Gasteiger partial charge in [-0.05, 0) is 79.1 Å². The zero-order chi connectivity index (χ0) is 25.6. The molecule has 37 heavy (non-hydrogen) atoms. The number of halogens is 1. The minimum atomic E-state index is -0.207. The molecule has 0 radical (unpaired) electrons. The van der Waals surface area contributed by atoms with E-state index in [1.807, 2.05) is 12.1 Å². The van der Waals surface area contributed by atoms with Crippen LogP contribution in [0, 0.1) is 11.7 Å². The first kappa shape index (κ1) is 25.4. The van der Waals surface area contributed by atoms with E-state index in [4.69, 9.17) is 22.2 Å². The Morgan fingerprint density at radius 1 is 1.03 bits per heavy atom. The fraction of sp³-hybridized carbons (Fsp3) is 0.414. The predicted octanol–water partition coefficient (Wildman–Crippen LogP) is 5.33. The SMILES string of the molecule is CC1CCCN(c2cc(N3CCc4ccccc4C3)nc(NC(=S)NCCCc3ccc(F)cc3)n2)C1. The van der Waals surface area contributed by atoms with Crippen LogP contribution in [0.5, 0.6) is 0 Å². The van der Waals surface area contributed by atoms with Gasteiger partial charge in [0.05, 0.1) is 0 Å². The third-order valence-corrected chi connectivity index (χ3v) is 7.45. The summed E-state index contributed by atoms with van der Waals surface area (Å²) < 4.78 is 13.1. The molecule has 2 aromatic carbocycles. The third-order valence-electron chi connectivity index (χ3n) is 7.20. The molecule has 3 heterocycles. The molecule has 0 saturated carbocycles. The topological polar surface area (TPSA) is 56.3 Å². The Morgan fingerprint density at radius 2 is 1.78 bits per heavy atom. The molecule has 1 saturated heterocycles. The fourth-order valence-corrected chi connectivity index (χ4v) is 5.38. The number of piperidine rings is 1. The third kappa shape index (κ3) is 6.74. The minimum Gasteiger partial charge on any atom is -0.362 e. The molecule has 2 N–H and O–H groups in total. The fourth-order valence-electron chi connectivity index (χ4n) is 5.18. The summed E-state index contributed by atoms with van der Waals surface area (Å²) in [6.07, 6.45) is 5.18. The predicted molar refractivity (Wildman–Crippen MR) is 153 cm³/mol. The number of nitrogens with zero attached hydrogens (tertiary/aromatic N) is 4. The molecule has 2 aliphatic rings. The Bertz CT molecular complexity index is 1220. The minimum absolute atomic E-state index is 0.207. The van der Waals surface area contributed by atoms with Gasteiger partial charge in [0.15, 0.2) is 5.11 Å². The van der Waals surface area contributed by atoms with Gasteiger partial charge >= 0.3 is 0 Å². The Morgan fingerprint density at radius 3 is 2.57 bits per heavy atom. The molecule has 5 rings (SSSR count). The number of hydrogen-bond acceptors (Lipinski definition) is 5. The molecule has 0 bridgehead atoms. The van der Waals surface area contributed by atoms with Gasteiger partial charge in [-0.2, -0.15) is 9.97 Å². The highest BCUT2D eigenvalue weighted by Gasteiger charge is 2.23. The largest absolute Gasteiger partial charge is 0.362 e. The molecule has 0 spiro atoms. The van der Waals surface area contributed by atoms with E-state index in [2.05, 4.69) is 57.7 Å². The maximum Gasteiger partial charge on any atom is 0.232 e. The van der Waals surface area contributed by atoms with E-state index in [1.165, 1.54) is 36.1 Å². The van der Waals surface area contributed by atoms with Crippen LogP contribution in [-0.2, 0) is 19.4 Å². The van der Waals surface area contributed by atoms with Crippen molar-refractivity contribution in [2.75, 3.05) is 41.3 Å². The molecule has 2 aliphatic heterocycles. The zero-order valence-corrected chi connectivity index (χ0v) is 22.2. The van der Waals surface area contributed by atoms with Gasteiger partial charge in [-0.3, -0.25) is 0 Å². The average molecular weight is 519 g/mol. The normalized spacial score (nSPS) is 17.3. The monoisotopic (exact) mass is 518 g/mol. The van der Waals surface area contributed by atoms with Crippen molar-refractivity contribution < 1.29 is 4.39 Å². The Balaban J connectivity index is 1.26. The summed E-state index contributed by atoms with van der Waals surface area (Å²) in [6, 6.07) is 17.4. The Labute approximate surface area is 224 Å². The summed E-state index contributed by atoms with van der Waals surface area (Å²) in [5.74, 6) is 2.85. The summed E-state index contributed by atoms with van der Waals surface area (Å²) >= 11 is 5.57. The second kappa shape index (κ2) is 11.9. The van der Waals surface area contributed by atoms with Gasteiger partial charge in [0, 0.05) is 38.8 Å². The maximum absolute atomic E-state index is 13.1. The van der Waals surface area contributed by atoms with Gasteiger partial charge in [0.2, 0.25) is 5.95 Å². The van der Waals surface area contributed by atoms with Gasteiger partial charge in [0.25, 0.3) is 0 Å². The Hall–Kier alpha value is -3.26. The summed E-state index contributed by atoms with van der Waals surface area (Å²) in [6.45, 7) is 6.80. The van der Waals surface area contributed by atoms with E-state index in [0.717, 1.165) is 62.6 Å². The number of fused-ring (bicyclic) bond motifs is 1. The Kier molecular flexibility index (Phi) is 8.14. The van der Waals surface area contributed by atoms with Crippen molar-refractivity contribution in [2.45, 2.75) is 45.6 Å². The number of benzene rings is 2. The first-order valence-electron chi connectivity index (χ1n) is 13.3. The van der Waals surface area contributed by atoms with Crippen LogP contribution in [0.25, 0.3) is 0 Å². The second-order valence-electron chi connectivity index (χ2n) is 10.2. The molecule has 3 aromatic rings. The van der Waals surface area contributed by atoms with Crippen molar-refractivity contribution >= 4 is 34.9 Å². The lowest BCUT2D eigenvalue weighted by molar-refractivity contribution is 0.444. The average Bonchev–Trinajstić information content (AvgIpc) is 2.91. The van der Waals surface area contributed by atoms with Gasteiger partial charge in [-0.15, -0.1) is 0 Å². The molecule has 6 nitrogen and oxygen atoms in total. The molecule has 1 atom stereocenters. The highest BCUT2D eigenvalue weighted by Crippen LogP contribution is 2.29. The number of anilines is 3. The van der Waals surface area contributed by atoms with E-state index in [1.54, 1.807) is 0 Å². The highest BCUT2D eigenvalue weighted by atomic mass is 32.1. The van der Waals surface area contributed by atoms with Gasteiger partial charge in [-0.1, -0.05) is 43.3 Å². The lowest BCUT2D eigenvalue weighted by atomic mass is 10.00. The number of rotatable bonds is 7. The molecular weight excluding hydrogens is 483 g/mol. The number of hydrogen-bond donors (Lipinski definition) is 2. The van der Waals surface area contributed by atoms with Crippen molar-refractivity contribution in [3.05, 3.63) is 77.1 Å². The van der Waals surface area contributed by atoms with Crippen molar-refractivity contribution in [3.8, 4) is 0 Å². The van der Waals surface area contributed by atoms with Crippen molar-refractivity contribution in [2.24, 2.45) is 5.92 Å². The van der Waals surface area contributed by atoms with Crippen LogP contribution in [0.4, 0.5) is 22.0 Å². The number of aryl methyl sites for hydroxylation is 1. The highest BCUT2D eigenvalue weighted by molar-refractivity contribution is 7.80. The molecule has 1 unspecified atom stereocenters. The zero-order valence-electron chi connectivity index (χ0n) is 21.4. The molecule has 8 heteroatoms. The molecular formula is C29H35FN6S. The summed E-state index contributed by atoms with van der Waals surface area (Å²) in [5, 5.41) is 7.01. The first-order chi connectivity index (χ1) is 18.0. The second-order valence-corrected chi connectivity index (χ2v) is 10.6. The molecule has 1 fully saturated rings. The smallest absolute Gasteiger partial charge is 0.232 e. The quantitative estimate of drug-likeness (QED) is 0.324. The van der Waals surface area contributed by atoms with E-state index < -0.39 is 0 Å². The van der Waals surface area contributed by atoms with Gasteiger partial charge in [-0.25, -0.2) is 4.39 Å². The lowest BCUT2D eigenvalue weighted by Crippen LogP contribution is -2.36. The van der Waals surface area contributed by atoms with Gasteiger partial charge in [0.1, 0.15) is 17.5 Å². The van der Waals surface area contributed by atoms with Crippen LogP contribution >= 0.6 is 12.2 Å². The van der Waals surface area contributed by atoms with Crippen molar-refractivity contribution in [1.82, 2.24) is 15.3 Å². The van der Waals surface area contributed by atoms with Crippen LogP contribution in [0.3, 0.4) is 0 Å². The maximum atomic E-state index is 13.1.